The van der Waals surface area contributed by atoms with Crippen molar-refractivity contribution >= 4 is 11.7 Å². The molecule has 0 saturated carbocycles. The first kappa shape index (κ1) is 15.8. The van der Waals surface area contributed by atoms with E-state index in [9.17, 15) is 10.1 Å². The van der Waals surface area contributed by atoms with Crippen molar-refractivity contribution < 1.29 is 4.79 Å². The van der Waals surface area contributed by atoms with Gasteiger partial charge >= 0.3 is 0 Å². The summed E-state index contributed by atoms with van der Waals surface area (Å²) in [6.45, 7) is 2.43. The van der Waals surface area contributed by atoms with Crippen molar-refractivity contribution in [1.82, 2.24) is 10.3 Å². The number of carbonyl (C=O) groups excluding carboxylic acids is 1. The lowest BCUT2D eigenvalue weighted by atomic mass is 9.96. The zero-order chi connectivity index (χ0) is 16.2. The van der Waals surface area contributed by atoms with Gasteiger partial charge in [0.1, 0.15) is 11.9 Å². The van der Waals surface area contributed by atoms with Gasteiger partial charge in [0, 0.05) is 31.9 Å². The van der Waals surface area contributed by atoms with Crippen molar-refractivity contribution in [2.45, 2.75) is 32.1 Å². The fraction of sp³-hybridized carbons (Fsp3) is 0.588. The van der Waals surface area contributed by atoms with Crippen LogP contribution >= 0.6 is 0 Å². The summed E-state index contributed by atoms with van der Waals surface area (Å²) in [5.74, 6) is 0.751. The molecule has 2 aliphatic rings. The van der Waals surface area contributed by atoms with Crippen LogP contribution in [0.3, 0.4) is 0 Å². The van der Waals surface area contributed by atoms with Gasteiger partial charge in [-0.25, -0.2) is 4.98 Å². The lowest BCUT2D eigenvalue weighted by Gasteiger charge is -2.33. The van der Waals surface area contributed by atoms with Crippen molar-refractivity contribution in [2.75, 3.05) is 31.1 Å². The molecule has 3 rings (SSSR count). The summed E-state index contributed by atoms with van der Waals surface area (Å²) in [5, 5.41) is 12.3. The minimum atomic E-state index is -0.0584. The highest BCUT2D eigenvalue weighted by atomic mass is 16.1. The third-order valence-electron chi connectivity index (χ3n) is 4.69. The fourth-order valence-corrected chi connectivity index (χ4v) is 3.51. The molecule has 0 aromatic carbocycles. The Hall–Kier alpha value is -2.13. The number of anilines is 1. The molecule has 0 radical (unpaired) electrons. The van der Waals surface area contributed by atoms with Crippen molar-refractivity contribution in [1.29, 1.82) is 5.26 Å². The van der Waals surface area contributed by atoms with E-state index in [4.69, 9.17) is 10.7 Å². The van der Waals surface area contributed by atoms with E-state index in [0.717, 1.165) is 50.2 Å². The van der Waals surface area contributed by atoms with Crippen LogP contribution in [0, 0.1) is 17.2 Å². The average Bonchev–Trinajstić information content (AvgIpc) is 3.05. The number of pyridine rings is 1. The van der Waals surface area contributed by atoms with Gasteiger partial charge in [0.15, 0.2) is 0 Å². The fourth-order valence-electron chi connectivity index (χ4n) is 3.51. The highest BCUT2D eigenvalue weighted by Crippen LogP contribution is 2.29. The molecule has 23 heavy (non-hydrogen) atoms. The largest absolute Gasteiger partial charge is 0.355 e. The molecule has 3 N–H and O–H groups in total. The number of amides is 1. The summed E-state index contributed by atoms with van der Waals surface area (Å²) in [6.07, 6.45) is 4.93. The molecular formula is C17H23N5O. The minimum absolute atomic E-state index is 0.0554. The van der Waals surface area contributed by atoms with Crippen molar-refractivity contribution in [2.24, 2.45) is 11.7 Å². The first-order valence-corrected chi connectivity index (χ1v) is 8.38. The quantitative estimate of drug-likeness (QED) is 0.854. The van der Waals surface area contributed by atoms with E-state index in [-0.39, 0.29) is 11.8 Å². The number of nitriles is 1. The first-order chi connectivity index (χ1) is 11.2. The van der Waals surface area contributed by atoms with Crippen LogP contribution in [0.5, 0.6) is 0 Å². The lowest BCUT2D eigenvalue weighted by molar-refractivity contribution is -0.125. The highest BCUT2D eigenvalue weighted by molar-refractivity contribution is 5.79. The monoisotopic (exact) mass is 313 g/mol. The molecule has 1 unspecified atom stereocenters. The summed E-state index contributed by atoms with van der Waals surface area (Å²) in [4.78, 5) is 19.1. The van der Waals surface area contributed by atoms with Crippen LogP contribution in [0.4, 0.5) is 5.82 Å². The predicted molar refractivity (Wildman–Crippen MR) is 88.0 cm³/mol. The predicted octanol–water partition coefficient (Wildman–Crippen LogP) is 0.733. The number of nitrogens with two attached hydrogens (primary N) is 1. The topological polar surface area (TPSA) is 95.0 Å². The Morgan fingerprint density at radius 1 is 1.48 bits per heavy atom. The number of hydrogen-bond donors (Lipinski definition) is 2. The Kier molecular flexibility index (Phi) is 4.77. The van der Waals surface area contributed by atoms with Crippen molar-refractivity contribution in [3.05, 3.63) is 22.9 Å². The number of fused-ring (bicyclic) bond motifs is 1. The molecule has 2 heterocycles. The second kappa shape index (κ2) is 6.97. The van der Waals surface area contributed by atoms with Gasteiger partial charge in [-0.2, -0.15) is 5.26 Å². The Labute approximate surface area is 136 Å². The Morgan fingerprint density at radius 2 is 2.35 bits per heavy atom. The van der Waals surface area contributed by atoms with Crippen LogP contribution in [-0.2, 0) is 17.6 Å². The number of nitrogens with one attached hydrogen (secondary N) is 1. The number of rotatable bonds is 4. The highest BCUT2D eigenvalue weighted by Gasteiger charge is 2.28. The average molecular weight is 313 g/mol. The third kappa shape index (κ3) is 3.30. The zero-order valence-electron chi connectivity index (χ0n) is 13.3. The van der Waals surface area contributed by atoms with Gasteiger partial charge in [-0.15, -0.1) is 0 Å². The molecule has 1 aliphatic carbocycles. The number of aryl methyl sites for hydroxylation is 2. The molecule has 1 amide bonds. The van der Waals surface area contributed by atoms with E-state index in [1.54, 1.807) is 0 Å². The maximum absolute atomic E-state index is 12.2. The van der Waals surface area contributed by atoms with Crippen LogP contribution in [-0.4, -0.2) is 37.1 Å². The maximum atomic E-state index is 12.2. The van der Waals surface area contributed by atoms with Crippen LogP contribution in [0.15, 0.2) is 6.07 Å². The number of piperidine rings is 1. The number of hydrogen-bond acceptors (Lipinski definition) is 5. The standard InChI is InChI=1S/C17H23N5O/c18-6-7-20-17(23)13-4-2-8-22(11-13)16-14(10-19)9-12-3-1-5-15(12)21-16/h9,13H,1-8,11,18H2,(H,20,23). The van der Waals surface area contributed by atoms with Crippen LogP contribution < -0.4 is 16.0 Å². The second-order valence-electron chi connectivity index (χ2n) is 6.30. The summed E-state index contributed by atoms with van der Waals surface area (Å²) in [5.41, 5.74) is 8.40. The van der Waals surface area contributed by atoms with Gasteiger partial charge in [-0.1, -0.05) is 0 Å². The SMILES string of the molecule is N#Cc1cc2c(nc1N1CCCC(C(=O)NCCN)C1)CCC2. The minimum Gasteiger partial charge on any atom is -0.355 e. The molecule has 1 aromatic rings. The second-order valence-corrected chi connectivity index (χ2v) is 6.30. The molecule has 6 heteroatoms. The van der Waals surface area contributed by atoms with Gasteiger partial charge in [-0.05, 0) is 43.7 Å². The molecule has 0 bridgehead atoms. The molecule has 1 fully saturated rings. The van der Waals surface area contributed by atoms with E-state index >= 15 is 0 Å². The number of nitrogens with zero attached hydrogens (tertiary/aromatic N) is 3. The van der Waals surface area contributed by atoms with Crippen molar-refractivity contribution in [3.63, 3.8) is 0 Å². The first-order valence-electron chi connectivity index (χ1n) is 8.38. The molecule has 6 nitrogen and oxygen atoms in total. The summed E-state index contributed by atoms with van der Waals surface area (Å²) in [7, 11) is 0. The molecule has 1 saturated heterocycles. The molecule has 0 spiro atoms. The zero-order valence-corrected chi connectivity index (χ0v) is 13.3. The number of carbonyl (C=O) groups is 1. The molecular weight excluding hydrogens is 290 g/mol. The van der Waals surface area contributed by atoms with E-state index in [0.29, 0.717) is 25.2 Å². The van der Waals surface area contributed by atoms with Gasteiger partial charge in [0.05, 0.1) is 11.5 Å². The summed E-state index contributed by atoms with van der Waals surface area (Å²) in [6, 6.07) is 4.27. The smallest absolute Gasteiger partial charge is 0.224 e. The number of aromatic nitrogens is 1. The third-order valence-corrected chi connectivity index (χ3v) is 4.69. The summed E-state index contributed by atoms with van der Waals surface area (Å²) < 4.78 is 0. The lowest BCUT2D eigenvalue weighted by Crippen LogP contribution is -2.44. The van der Waals surface area contributed by atoms with E-state index in [1.165, 1.54) is 5.56 Å². The van der Waals surface area contributed by atoms with E-state index in [2.05, 4.69) is 16.3 Å². The van der Waals surface area contributed by atoms with Crippen LogP contribution in [0.25, 0.3) is 0 Å². The Bertz CT molecular complexity index is 637. The van der Waals surface area contributed by atoms with Crippen LogP contribution in [0.1, 0.15) is 36.1 Å². The van der Waals surface area contributed by atoms with E-state index < -0.39 is 0 Å². The van der Waals surface area contributed by atoms with Gasteiger partial charge in [-0.3, -0.25) is 4.79 Å². The van der Waals surface area contributed by atoms with E-state index in [1.807, 2.05) is 6.07 Å². The molecule has 1 aliphatic heterocycles. The van der Waals surface area contributed by atoms with Gasteiger partial charge in [0.2, 0.25) is 5.91 Å². The normalized spacial score (nSPS) is 20.0. The molecule has 1 atom stereocenters. The maximum Gasteiger partial charge on any atom is 0.224 e. The Balaban J connectivity index is 1.79. The van der Waals surface area contributed by atoms with Gasteiger partial charge in [0.25, 0.3) is 0 Å². The molecule has 1 aromatic heterocycles. The Morgan fingerprint density at radius 3 is 3.13 bits per heavy atom. The summed E-state index contributed by atoms with van der Waals surface area (Å²) >= 11 is 0. The van der Waals surface area contributed by atoms with Crippen LogP contribution in [0.2, 0.25) is 0 Å². The molecule has 122 valence electrons. The van der Waals surface area contributed by atoms with Crippen molar-refractivity contribution in [3.8, 4) is 6.07 Å². The van der Waals surface area contributed by atoms with Gasteiger partial charge < -0.3 is 16.0 Å².